The summed E-state index contributed by atoms with van der Waals surface area (Å²) in [5.74, 6) is -0.145. The molecule has 25 heavy (non-hydrogen) atoms. The van der Waals surface area contributed by atoms with Crippen molar-refractivity contribution in [3.05, 3.63) is 77.6 Å². The Hall–Kier alpha value is -3.21. The van der Waals surface area contributed by atoms with Crippen molar-refractivity contribution in [1.82, 2.24) is 15.3 Å². The Kier molecular flexibility index (Phi) is 3.90. The molecular formula is C20H18N4O. The van der Waals surface area contributed by atoms with Gasteiger partial charge in [0.25, 0.3) is 5.91 Å². The van der Waals surface area contributed by atoms with E-state index in [9.17, 15) is 4.79 Å². The molecule has 1 aromatic heterocycles. The van der Waals surface area contributed by atoms with Gasteiger partial charge in [-0.3, -0.25) is 4.79 Å². The Morgan fingerprint density at radius 3 is 2.68 bits per heavy atom. The quantitative estimate of drug-likeness (QED) is 0.773. The summed E-state index contributed by atoms with van der Waals surface area (Å²) in [6.45, 7) is 0. The van der Waals surface area contributed by atoms with Crippen LogP contribution in [-0.2, 0) is 6.42 Å². The fourth-order valence-electron chi connectivity index (χ4n) is 3.25. The highest BCUT2D eigenvalue weighted by molar-refractivity contribution is 5.97. The van der Waals surface area contributed by atoms with E-state index in [0.717, 1.165) is 18.4 Å². The predicted octanol–water partition coefficient (Wildman–Crippen LogP) is 3.14. The summed E-state index contributed by atoms with van der Waals surface area (Å²) in [6, 6.07) is 17.8. The van der Waals surface area contributed by atoms with E-state index in [-0.39, 0.29) is 23.5 Å². The smallest absolute Gasteiger partial charge is 0.274 e. The lowest BCUT2D eigenvalue weighted by atomic mass is 10.1. The van der Waals surface area contributed by atoms with Gasteiger partial charge in [-0.05, 0) is 24.0 Å². The molecule has 2 aromatic carbocycles. The van der Waals surface area contributed by atoms with Crippen LogP contribution in [0.5, 0.6) is 0 Å². The number of hydrogen-bond donors (Lipinski definition) is 2. The fraction of sp³-hybridized carbons (Fsp3) is 0.150. The molecule has 4 rings (SSSR count). The van der Waals surface area contributed by atoms with Crippen molar-refractivity contribution in [3.63, 3.8) is 0 Å². The molecule has 1 amide bonds. The molecule has 0 radical (unpaired) electrons. The zero-order valence-electron chi connectivity index (χ0n) is 13.6. The molecule has 1 atom stereocenters. The number of nitrogen functional groups attached to an aromatic ring is 1. The van der Waals surface area contributed by atoms with E-state index in [1.54, 1.807) is 6.20 Å². The molecule has 0 saturated carbocycles. The Morgan fingerprint density at radius 2 is 1.84 bits per heavy atom. The maximum Gasteiger partial charge on any atom is 0.274 e. The second-order valence-corrected chi connectivity index (χ2v) is 6.12. The van der Waals surface area contributed by atoms with Gasteiger partial charge in [-0.1, -0.05) is 54.6 Å². The van der Waals surface area contributed by atoms with Crippen LogP contribution in [-0.4, -0.2) is 15.9 Å². The standard InChI is InChI=1S/C20H18N4O/c21-19-18(23-17(12-22-19)14-7-2-1-3-8-14)20(25)24-16-11-10-13-6-4-5-9-15(13)16/h1-9,12,16H,10-11H2,(H2,21,22)(H,24,25)/t16-/m1/s1. The topological polar surface area (TPSA) is 80.9 Å². The largest absolute Gasteiger partial charge is 0.382 e. The van der Waals surface area contributed by atoms with E-state index in [0.29, 0.717) is 5.69 Å². The van der Waals surface area contributed by atoms with E-state index in [2.05, 4.69) is 27.4 Å². The van der Waals surface area contributed by atoms with Gasteiger partial charge in [-0.25, -0.2) is 9.97 Å². The summed E-state index contributed by atoms with van der Waals surface area (Å²) in [5, 5.41) is 3.05. The number of fused-ring (bicyclic) bond motifs is 1. The third-order valence-electron chi connectivity index (χ3n) is 4.52. The third kappa shape index (κ3) is 2.96. The van der Waals surface area contributed by atoms with Gasteiger partial charge in [0.1, 0.15) is 0 Å². The zero-order valence-corrected chi connectivity index (χ0v) is 13.6. The first-order chi connectivity index (χ1) is 12.2. The van der Waals surface area contributed by atoms with Gasteiger partial charge in [0.15, 0.2) is 11.5 Å². The highest BCUT2D eigenvalue weighted by atomic mass is 16.2. The second kappa shape index (κ2) is 6.36. The average molecular weight is 330 g/mol. The van der Waals surface area contributed by atoms with Gasteiger partial charge >= 0.3 is 0 Å². The molecule has 0 saturated heterocycles. The van der Waals surface area contributed by atoms with E-state index in [4.69, 9.17) is 5.73 Å². The van der Waals surface area contributed by atoms with E-state index < -0.39 is 0 Å². The monoisotopic (exact) mass is 330 g/mol. The van der Waals surface area contributed by atoms with Crippen LogP contribution in [0.15, 0.2) is 60.8 Å². The summed E-state index contributed by atoms with van der Waals surface area (Å²) < 4.78 is 0. The van der Waals surface area contributed by atoms with Crippen molar-refractivity contribution in [2.75, 3.05) is 5.73 Å². The first-order valence-electron chi connectivity index (χ1n) is 8.29. The molecule has 5 nitrogen and oxygen atoms in total. The number of carbonyl (C=O) groups is 1. The summed E-state index contributed by atoms with van der Waals surface area (Å²) >= 11 is 0. The van der Waals surface area contributed by atoms with Crippen molar-refractivity contribution in [3.8, 4) is 11.3 Å². The molecule has 0 bridgehead atoms. The molecule has 5 heteroatoms. The number of amides is 1. The van der Waals surface area contributed by atoms with Gasteiger partial charge < -0.3 is 11.1 Å². The molecule has 0 aliphatic heterocycles. The molecular weight excluding hydrogens is 312 g/mol. The Labute approximate surface area is 145 Å². The first kappa shape index (κ1) is 15.3. The number of benzene rings is 2. The van der Waals surface area contributed by atoms with Crippen molar-refractivity contribution >= 4 is 11.7 Å². The molecule has 0 spiro atoms. The van der Waals surface area contributed by atoms with Crippen LogP contribution in [0.3, 0.4) is 0 Å². The van der Waals surface area contributed by atoms with Gasteiger partial charge in [-0.2, -0.15) is 0 Å². The zero-order chi connectivity index (χ0) is 17.2. The number of hydrogen-bond acceptors (Lipinski definition) is 4. The maximum absolute atomic E-state index is 12.7. The van der Waals surface area contributed by atoms with Crippen molar-refractivity contribution in [2.45, 2.75) is 18.9 Å². The van der Waals surface area contributed by atoms with Crippen LogP contribution in [0.2, 0.25) is 0 Å². The lowest BCUT2D eigenvalue weighted by Crippen LogP contribution is -2.29. The third-order valence-corrected chi connectivity index (χ3v) is 4.52. The summed E-state index contributed by atoms with van der Waals surface area (Å²) in [7, 11) is 0. The van der Waals surface area contributed by atoms with Crippen LogP contribution in [0, 0.1) is 0 Å². The second-order valence-electron chi connectivity index (χ2n) is 6.12. The van der Waals surface area contributed by atoms with Crippen LogP contribution < -0.4 is 11.1 Å². The maximum atomic E-state index is 12.7. The Bertz CT molecular complexity index is 924. The highest BCUT2D eigenvalue weighted by Crippen LogP contribution is 2.31. The lowest BCUT2D eigenvalue weighted by Gasteiger charge is -2.14. The number of nitrogens with one attached hydrogen (secondary N) is 1. The van der Waals surface area contributed by atoms with E-state index in [1.807, 2.05) is 42.5 Å². The molecule has 3 N–H and O–H groups in total. The van der Waals surface area contributed by atoms with Crippen LogP contribution in [0.4, 0.5) is 5.82 Å². The number of nitrogens with two attached hydrogens (primary N) is 1. The van der Waals surface area contributed by atoms with Crippen molar-refractivity contribution in [1.29, 1.82) is 0 Å². The normalized spacial score (nSPS) is 15.6. The molecule has 1 heterocycles. The molecule has 1 aliphatic rings. The molecule has 3 aromatic rings. The number of anilines is 1. The summed E-state index contributed by atoms with van der Waals surface area (Å²) in [6.07, 6.45) is 3.44. The first-order valence-corrected chi connectivity index (χ1v) is 8.29. The van der Waals surface area contributed by atoms with E-state index >= 15 is 0 Å². The van der Waals surface area contributed by atoms with Gasteiger partial charge in [0, 0.05) is 5.56 Å². The van der Waals surface area contributed by atoms with Gasteiger partial charge in [0.2, 0.25) is 0 Å². The number of aromatic nitrogens is 2. The van der Waals surface area contributed by atoms with Crippen LogP contribution in [0.1, 0.15) is 34.1 Å². The van der Waals surface area contributed by atoms with Crippen LogP contribution in [0.25, 0.3) is 11.3 Å². The van der Waals surface area contributed by atoms with Gasteiger partial charge in [0.05, 0.1) is 17.9 Å². The molecule has 124 valence electrons. The minimum atomic E-state index is -0.288. The Morgan fingerprint density at radius 1 is 1.08 bits per heavy atom. The number of carbonyl (C=O) groups excluding carboxylic acids is 1. The lowest BCUT2D eigenvalue weighted by molar-refractivity contribution is 0.0932. The molecule has 0 fully saturated rings. The van der Waals surface area contributed by atoms with Crippen molar-refractivity contribution in [2.24, 2.45) is 0 Å². The number of aryl methyl sites for hydroxylation is 1. The fourth-order valence-corrected chi connectivity index (χ4v) is 3.25. The van der Waals surface area contributed by atoms with E-state index in [1.165, 1.54) is 11.1 Å². The Balaban J connectivity index is 1.61. The minimum absolute atomic E-state index is 0.00900. The molecule has 0 unspecified atom stereocenters. The minimum Gasteiger partial charge on any atom is -0.382 e. The predicted molar refractivity (Wildman–Crippen MR) is 96.9 cm³/mol. The summed E-state index contributed by atoms with van der Waals surface area (Å²) in [4.78, 5) is 21.3. The SMILES string of the molecule is Nc1ncc(-c2ccccc2)nc1C(=O)N[C@@H]1CCc2ccccc21. The highest BCUT2D eigenvalue weighted by Gasteiger charge is 2.25. The van der Waals surface area contributed by atoms with Crippen molar-refractivity contribution < 1.29 is 4.79 Å². The average Bonchev–Trinajstić information content (AvgIpc) is 3.06. The van der Waals surface area contributed by atoms with Crippen LogP contribution >= 0.6 is 0 Å². The van der Waals surface area contributed by atoms with Gasteiger partial charge in [-0.15, -0.1) is 0 Å². The number of rotatable bonds is 3. The molecule has 1 aliphatic carbocycles. The number of nitrogens with zero attached hydrogens (tertiary/aromatic N) is 2. The summed E-state index contributed by atoms with van der Waals surface area (Å²) in [5.41, 5.74) is 10.1.